The number of hydrogen-bond donors (Lipinski definition) is 2. The molecule has 0 radical (unpaired) electrons. The molecule has 6 nitrogen and oxygen atoms in total. The Kier molecular flexibility index (Phi) is 5.65. The number of aliphatic hydroxyl groups excluding tert-OH is 2. The number of carbonyl (C=O) groups is 2. The van der Waals surface area contributed by atoms with Gasteiger partial charge >= 0.3 is 0 Å². The van der Waals surface area contributed by atoms with Crippen LogP contribution in [-0.4, -0.2) is 40.1 Å². The Hall–Kier alpha value is -2.70. The van der Waals surface area contributed by atoms with Crippen LogP contribution in [0, 0.1) is 0 Å². The van der Waals surface area contributed by atoms with E-state index in [9.17, 15) is 19.8 Å². The molecule has 3 rings (SSSR count). The second kappa shape index (κ2) is 8.12. The highest BCUT2D eigenvalue weighted by Crippen LogP contribution is 2.23. The number of rotatable bonds is 8. The van der Waals surface area contributed by atoms with Crippen LogP contribution in [0.25, 0.3) is 0 Å². The van der Waals surface area contributed by atoms with Crippen LogP contribution in [-0.2, 0) is 13.2 Å². The van der Waals surface area contributed by atoms with Crippen LogP contribution < -0.4 is 4.74 Å². The maximum atomic E-state index is 12.3. The molecule has 0 fully saturated rings. The number of amides is 2. The van der Waals surface area contributed by atoms with Crippen molar-refractivity contribution in [2.75, 3.05) is 13.2 Å². The molecule has 1 aliphatic rings. The Bertz CT molecular complexity index is 760. The molecule has 0 saturated carbocycles. The first-order valence-corrected chi connectivity index (χ1v) is 8.56. The number of carbonyl (C=O) groups excluding carboxylic acids is 2. The quantitative estimate of drug-likeness (QED) is 0.559. The van der Waals surface area contributed by atoms with Gasteiger partial charge in [0.15, 0.2) is 0 Å². The molecule has 2 amide bonds. The van der Waals surface area contributed by atoms with Crippen molar-refractivity contribution in [1.82, 2.24) is 4.90 Å². The summed E-state index contributed by atoms with van der Waals surface area (Å²) < 4.78 is 5.66. The molecule has 0 aromatic heterocycles. The summed E-state index contributed by atoms with van der Waals surface area (Å²) in [5, 5.41) is 18.5. The maximum Gasteiger partial charge on any atom is 0.261 e. The molecule has 0 bridgehead atoms. The molecule has 1 aliphatic heterocycles. The first kappa shape index (κ1) is 18.1. The van der Waals surface area contributed by atoms with Crippen LogP contribution in [0.5, 0.6) is 5.75 Å². The van der Waals surface area contributed by atoms with Crippen molar-refractivity contribution in [2.24, 2.45) is 0 Å². The molecule has 2 aromatic rings. The van der Waals surface area contributed by atoms with Gasteiger partial charge in [-0.1, -0.05) is 18.2 Å². The van der Waals surface area contributed by atoms with E-state index in [0.717, 1.165) is 0 Å². The molecule has 0 spiro atoms. The molecule has 136 valence electrons. The highest BCUT2D eigenvalue weighted by atomic mass is 16.5. The predicted molar refractivity (Wildman–Crippen MR) is 94.8 cm³/mol. The number of fused-ring (bicyclic) bond motifs is 1. The van der Waals surface area contributed by atoms with Gasteiger partial charge in [-0.15, -0.1) is 0 Å². The number of benzene rings is 2. The van der Waals surface area contributed by atoms with Crippen molar-refractivity contribution < 1.29 is 24.5 Å². The van der Waals surface area contributed by atoms with Gasteiger partial charge in [-0.2, -0.15) is 0 Å². The van der Waals surface area contributed by atoms with Crippen molar-refractivity contribution in [2.45, 2.75) is 26.1 Å². The summed E-state index contributed by atoms with van der Waals surface area (Å²) in [5.41, 5.74) is 2.28. The van der Waals surface area contributed by atoms with Crippen molar-refractivity contribution in [3.8, 4) is 5.75 Å². The average molecular weight is 355 g/mol. The fourth-order valence-corrected chi connectivity index (χ4v) is 3.00. The van der Waals surface area contributed by atoms with E-state index >= 15 is 0 Å². The SMILES string of the molecule is O=C1c2ccccc2C(=O)N1CCCCOc1cc(CO)cc(CO)c1. The summed E-state index contributed by atoms with van der Waals surface area (Å²) in [5.74, 6) is 0.103. The minimum atomic E-state index is -0.241. The van der Waals surface area contributed by atoms with Gasteiger partial charge in [0.1, 0.15) is 5.75 Å². The molecule has 0 aliphatic carbocycles. The lowest BCUT2D eigenvalue weighted by Crippen LogP contribution is -2.30. The molecule has 1 heterocycles. The predicted octanol–water partition coefficient (Wildman–Crippen LogP) is 2.13. The van der Waals surface area contributed by atoms with Gasteiger partial charge < -0.3 is 14.9 Å². The average Bonchev–Trinajstić information content (AvgIpc) is 2.92. The third-order valence-corrected chi connectivity index (χ3v) is 4.31. The summed E-state index contributed by atoms with van der Waals surface area (Å²) in [7, 11) is 0. The number of hydrogen-bond acceptors (Lipinski definition) is 5. The summed E-state index contributed by atoms with van der Waals surface area (Å²) in [6.45, 7) is 0.533. The van der Waals surface area contributed by atoms with Crippen LogP contribution in [0.3, 0.4) is 0 Å². The molecule has 0 unspecified atom stereocenters. The fourth-order valence-electron chi connectivity index (χ4n) is 3.00. The zero-order chi connectivity index (χ0) is 18.5. The molecular formula is C20H21NO5. The van der Waals surface area contributed by atoms with Crippen LogP contribution in [0.2, 0.25) is 0 Å². The van der Waals surface area contributed by atoms with Gasteiger partial charge in [0.25, 0.3) is 11.8 Å². The normalized spacial score (nSPS) is 13.2. The van der Waals surface area contributed by atoms with Gasteiger partial charge in [-0.25, -0.2) is 0 Å². The first-order valence-electron chi connectivity index (χ1n) is 8.56. The van der Waals surface area contributed by atoms with Gasteiger partial charge in [-0.05, 0) is 48.2 Å². The lowest BCUT2D eigenvalue weighted by Gasteiger charge is -2.14. The molecular weight excluding hydrogens is 334 g/mol. The molecule has 0 saturated heterocycles. The maximum absolute atomic E-state index is 12.3. The van der Waals surface area contributed by atoms with E-state index < -0.39 is 0 Å². The molecule has 26 heavy (non-hydrogen) atoms. The van der Waals surface area contributed by atoms with Crippen LogP contribution in [0.1, 0.15) is 44.7 Å². The fraction of sp³-hybridized carbons (Fsp3) is 0.300. The van der Waals surface area contributed by atoms with Gasteiger partial charge in [-0.3, -0.25) is 14.5 Å². The Morgan fingerprint density at radius 2 is 1.42 bits per heavy atom. The van der Waals surface area contributed by atoms with E-state index in [4.69, 9.17) is 4.74 Å². The van der Waals surface area contributed by atoms with E-state index in [0.29, 0.717) is 54.0 Å². The molecule has 2 N–H and O–H groups in total. The summed E-state index contributed by atoms with van der Waals surface area (Å²) in [6, 6.07) is 12.0. The van der Waals surface area contributed by atoms with E-state index in [2.05, 4.69) is 0 Å². The number of imide groups is 1. The van der Waals surface area contributed by atoms with Crippen molar-refractivity contribution in [3.05, 3.63) is 64.7 Å². The summed E-state index contributed by atoms with van der Waals surface area (Å²) >= 11 is 0. The number of nitrogens with zero attached hydrogens (tertiary/aromatic N) is 1. The lowest BCUT2D eigenvalue weighted by atomic mass is 10.1. The van der Waals surface area contributed by atoms with E-state index in [-0.39, 0.29) is 25.0 Å². The van der Waals surface area contributed by atoms with E-state index in [1.807, 2.05) is 0 Å². The van der Waals surface area contributed by atoms with Crippen LogP contribution >= 0.6 is 0 Å². The van der Waals surface area contributed by atoms with Crippen LogP contribution in [0.15, 0.2) is 42.5 Å². The molecule has 0 atom stereocenters. The first-order chi connectivity index (χ1) is 12.6. The Balaban J connectivity index is 1.48. The minimum absolute atomic E-state index is 0.121. The Morgan fingerprint density at radius 3 is 1.96 bits per heavy atom. The smallest absolute Gasteiger partial charge is 0.261 e. The third kappa shape index (κ3) is 3.76. The molecule has 2 aromatic carbocycles. The van der Waals surface area contributed by atoms with E-state index in [1.54, 1.807) is 42.5 Å². The van der Waals surface area contributed by atoms with Crippen LogP contribution in [0.4, 0.5) is 0 Å². The van der Waals surface area contributed by atoms with Gasteiger partial charge in [0.2, 0.25) is 0 Å². The summed E-state index contributed by atoms with van der Waals surface area (Å²) in [6.07, 6.45) is 1.31. The number of aliphatic hydroxyl groups is 2. The largest absolute Gasteiger partial charge is 0.494 e. The second-order valence-electron chi connectivity index (χ2n) is 6.16. The Morgan fingerprint density at radius 1 is 0.846 bits per heavy atom. The van der Waals surface area contributed by atoms with E-state index in [1.165, 1.54) is 4.90 Å². The Labute approximate surface area is 151 Å². The van der Waals surface area contributed by atoms with Crippen molar-refractivity contribution in [1.29, 1.82) is 0 Å². The zero-order valence-electron chi connectivity index (χ0n) is 14.4. The highest BCUT2D eigenvalue weighted by Gasteiger charge is 2.34. The minimum Gasteiger partial charge on any atom is -0.494 e. The third-order valence-electron chi connectivity index (χ3n) is 4.31. The number of unbranched alkanes of at least 4 members (excludes halogenated alkanes) is 1. The van der Waals surface area contributed by atoms with Crippen molar-refractivity contribution >= 4 is 11.8 Å². The van der Waals surface area contributed by atoms with Gasteiger partial charge in [0.05, 0.1) is 30.9 Å². The number of ether oxygens (including phenoxy) is 1. The van der Waals surface area contributed by atoms with Gasteiger partial charge in [0, 0.05) is 6.54 Å². The topological polar surface area (TPSA) is 87.1 Å². The monoisotopic (exact) mass is 355 g/mol. The zero-order valence-corrected chi connectivity index (χ0v) is 14.4. The highest BCUT2D eigenvalue weighted by molar-refractivity contribution is 6.21. The second-order valence-corrected chi connectivity index (χ2v) is 6.16. The standard InChI is InChI=1S/C20H21NO5/c22-12-14-9-15(13-23)11-16(10-14)26-8-4-3-7-21-19(24)17-5-1-2-6-18(17)20(21)25/h1-2,5-6,9-11,22-23H,3-4,7-8,12-13H2. The molecule has 6 heteroatoms. The van der Waals surface area contributed by atoms with Crippen molar-refractivity contribution in [3.63, 3.8) is 0 Å². The summed E-state index contributed by atoms with van der Waals surface area (Å²) in [4.78, 5) is 25.8. The lowest BCUT2D eigenvalue weighted by molar-refractivity contribution is 0.0649.